The molecular weight excluding hydrogens is 584 g/mol. The number of carboxylic acids is 2. The zero-order valence-corrected chi connectivity index (χ0v) is 28.9. The first kappa shape index (κ1) is 42.8. The van der Waals surface area contributed by atoms with Crippen molar-refractivity contribution < 1.29 is 42.2 Å². The zero-order chi connectivity index (χ0) is 32.9. The highest BCUT2D eigenvalue weighted by Gasteiger charge is 2.55. The van der Waals surface area contributed by atoms with Gasteiger partial charge in [-0.25, -0.2) is 0 Å². The van der Waals surface area contributed by atoms with Crippen LogP contribution in [0.25, 0.3) is 0 Å². The quantitative estimate of drug-likeness (QED) is 0.0459. The molecule has 3 N–H and O–H groups in total. The Hall–Kier alpha value is -1.23. The van der Waals surface area contributed by atoms with Crippen molar-refractivity contribution in [2.24, 2.45) is 5.41 Å². The summed E-state index contributed by atoms with van der Waals surface area (Å²) in [5.41, 5.74) is -2.27. The van der Waals surface area contributed by atoms with Crippen LogP contribution in [0.4, 0.5) is 0 Å². The van der Waals surface area contributed by atoms with Crippen LogP contribution in [0.2, 0.25) is 0 Å². The maximum Gasteiger partial charge on any atom is 0.325 e. The predicted octanol–water partition coefficient (Wildman–Crippen LogP) is 8.83. The third-order valence-corrected chi connectivity index (χ3v) is 9.87. The smallest absolute Gasteiger partial charge is 0.325 e. The van der Waals surface area contributed by atoms with E-state index in [-0.39, 0.29) is 26.1 Å². The molecule has 262 valence electrons. The molecular formula is C34H66O9S. The molecule has 0 aromatic heterocycles. The van der Waals surface area contributed by atoms with E-state index in [2.05, 4.69) is 13.8 Å². The number of ether oxygens (including phenoxy) is 2. The van der Waals surface area contributed by atoms with Gasteiger partial charge in [0.2, 0.25) is 0 Å². The van der Waals surface area contributed by atoms with E-state index in [0.29, 0.717) is 13.2 Å². The summed E-state index contributed by atoms with van der Waals surface area (Å²) in [6, 6.07) is 0. The minimum Gasteiger partial charge on any atom is -0.481 e. The lowest BCUT2D eigenvalue weighted by Crippen LogP contribution is -2.52. The molecule has 0 aliphatic heterocycles. The molecule has 10 heteroatoms. The molecule has 0 rings (SSSR count). The zero-order valence-electron chi connectivity index (χ0n) is 28.1. The molecule has 0 aromatic rings. The van der Waals surface area contributed by atoms with Gasteiger partial charge in [-0.05, 0) is 25.7 Å². The first-order valence-electron chi connectivity index (χ1n) is 17.7. The summed E-state index contributed by atoms with van der Waals surface area (Å²) in [6.45, 7) is 4.95. The van der Waals surface area contributed by atoms with Crippen LogP contribution in [0.3, 0.4) is 0 Å². The van der Waals surface area contributed by atoms with Crippen LogP contribution in [0.5, 0.6) is 0 Å². The molecule has 0 heterocycles. The fourth-order valence-corrected chi connectivity index (χ4v) is 6.97. The molecule has 0 bridgehead atoms. The SMILES string of the molecule is CCCCCCCCCCCCCOCCC(CCOCCCCCCCCCCCCC)(C(=O)O)C(C(=O)O)S(=O)(=O)O. The molecule has 44 heavy (non-hydrogen) atoms. The minimum atomic E-state index is -5.20. The van der Waals surface area contributed by atoms with Crippen molar-refractivity contribution in [2.45, 2.75) is 173 Å². The highest BCUT2D eigenvalue weighted by Crippen LogP contribution is 2.36. The highest BCUT2D eigenvalue weighted by atomic mass is 32.2. The second kappa shape index (κ2) is 28.0. The van der Waals surface area contributed by atoms with Gasteiger partial charge >= 0.3 is 11.9 Å². The number of carboxylic acid groups (broad SMARTS) is 2. The van der Waals surface area contributed by atoms with E-state index >= 15 is 0 Å². The van der Waals surface area contributed by atoms with Gasteiger partial charge in [0.05, 0.1) is 0 Å². The minimum absolute atomic E-state index is 0.123. The van der Waals surface area contributed by atoms with Gasteiger partial charge in [0.25, 0.3) is 10.1 Å². The van der Waals surface area contributed by atoms with Crippen LogP contribution in [-0.2, 0) is 29.2 Å². The van der Waals surface area contributed by atoms with Crippen molar-refractivity contribution in [2.75, 3.05) is 26.4 Å². The van der Waals surface area contributed by atoms with E-state index < -0.39 is 32.7 Å². The fraction of sp³-hybridized carbons (Fsp3) is 0.941. The lowest BCUT2D eigenvalue weighted by molar-refractivity contribution is -0.158. The van der Waals surface area contributed by atoms with Gasteiger partial charge in [0.1, 0.15) is 5.41 Å². The monoisotopic (exact) mass is 650 g/mol. The Morgan fingerprint density at radius 1 is 0.545 bits per heavy atom. The largest absolute Gasteiger partial charge is 0.481 e. The van der Waals surface area contributed by atoms with Crippen molar-refractivity contribution in [3.8, 4) is 0 Å². The van der Waals surface area contributed by atoms with Gasteiger partial charge in [-0.15, -0.1) is 0 Å². The maximum atomic E-state index is 12.4. The normalized spacial score (nSPS) is 12.9. The molecule has 0 saturated heterocycles. The van der Waals surface area contributed by atoms with Gasteiger partial charge < -0.3 is 19.7 Å². The van der Waals surface area contributed by atoms with Crippen molar-refractivity contribution >= 4 is 22.1 Å². The van der Waals surface area contributed by atoms with Crippen molar-refractivity contribution in [1.29, 1.82) is 0 Å². The van der Waals surface area contributed by atoms with Gasteiger partial charge in [0, 0.05) is 26.4 Å². The Kier molecular flexibility index (Phi) is 27.2. The second-order valence-corrected chi connectivity index (χ2v) is 14.0. The summed E-state index contributed by atoms with van der Waals surface area (Å²) in [6.07, 6.45) is 25.3. The molecule has 1 atom stereocenters. The summed E-state index contributed by atoms with van der Waals surface area (Å²) in [5.74, 6) is -3.50. The summed E-state index contributed by atoms with van der Waals surface area (Å²) in [5, 5.41) is 17.2. The molecule has 0 saturated carbocycles. The van der Waals surface area contributed by atoms with E-state index in [1.54, 1.807) is 0 Å². The van der Waals surface area contributed by atoms with Crippen LogP contribution < -0.4 is 0 Å². The number of carbonyl (C=O) groups is 2. The van der Waals surface area contributed by atoms with Gasteiger partial charge in [-0.3, -0.25) is 14.1 Å². The average Bonchev–Trinajstić information content (AvgIpc) is 2.96. The van der Waals surface area contributed by atoms with E-state index in [9.17, 15) is 32.8 Å². The third-order valence-electron chi connectivity index (χ3n) is 8.62. The number of unbranched alkanes of at least 4 members (excludes halogenated alkanes) is 20. The Labute approximate surface area is 269 Å². The van der Waals surface area contributed by atoms with Crippen LogP contribution in [0.15, 0.2) is 0 Å². The molecule has 0 spiro atoms. The molecule has 0 fully saturated rings. The Morgan fingerprint density at radius 2 is 0.841 bits per heavy atom. The molecule has 0 amide bonds. The Balaban J connectivity index is 4.50. The average molecular weight is 651 g/mol. The van der Waals surface area contributed by atoms with E-state index in [0.717, 1.165) is 38.5 Å². The second-order valence-electron chi connectivity index (χ2n) is 12.5. The van der Waals surface area contributed by atoms with Crippen molar-refractivity contribution in [1.82, 2.24) is 0 Å². The van der Waals surface area contributed by atoms with Crippen LogP contribution in [-0.4, -0.2) is 66.8 Å². The van der Waals surface area contributed by atoms with E-state index in [1.165, 1.54) is 103 Å². The highest BCUT2D eigenvalue weighted by molar-refractivity contribution is 7.87. The molecule has 1 unspecified atom stereocenters. The Morgan fingerprint density at radius 3 is 1.09 bits per heavy atom. The molecule has 0 aliphatic carbocycles. The van der Waals surface area contributed by atoms with Crippen LogP contribution in [0.1, 0.15) is 168 Å². The van der Waals surface area contributed by atoms with Gasteiger partial charge in [0.15, 0.2) is 5.25 Å². The third kappa shape index (κ3) is 21.5. The number of hydrogen-bond acceptors (Lipinski definition) is 6. The Bertz CT molecular complexity index is 769. The standard InChI is InChI=1S/C34H66O9S/c1-3-5-7-9-11-13-15-17-19-21-23-27-42-29-25-34(33(37)38,31(32(35)36)44(39,40)41)26-30-43-28-24-22-20-18-16-14-12-10-8-6-4-2/h31H,3-30H2,1-2H3,(H,35,36)(H,37,38)(H,39,40,41). The maximum absolute atomic E-state index is 12.4. The summed E-state index contributed by atoms with van der Waals surface area (Å²) in [4.78, 5) is 24.3. The molecule has 9 nitrogen and oxygen atoms in total. The van der Waals surface area contributed by atoms with Crippen molar-refractivity contribution in [3.05, 3.63) is 0 Å². The molecule has 0 aromatic carbocycles. The summed E-state index contributed by atoms with van der Waals surface area (Å²) < 4.78 is 45.0. The molecule has 0 aliphatic rings. The first-order chi connectivity index (χ1) is 21.1. The van der Waals surface area contributed by atoms with Crippen molar-refractivity contribution in [3.63, 3.8) is 0 Å². The van der Waals surface area contributed by atoms with Gasteiger partial charge in [-0.1, -0.05) is 142 Å². The summed E-state index contributed by atoms with van der Waals surface area (Å²) in [7, 11) is -5.20. The number of aliphatic carboxylic acids is 2. The first-order valence-corrected chi connectivity index (χ1v) is 19.2. The van der Waals surface area contributed by atoms with Crippen LogP contribution in [0, 0.1) is 5.41 Å². The lowest BCUT2D eigenvalue weighted by Gasteiger charge is -2.33. The predicted molar refractivity (Wildman–Crippen MR) is 177 cm³/mol. The van der Waals surface area contributed by atoms with E-state index in [1.807, 2.05) is 0 Å². The molecule has 0 radical (unpaired) electrons. The van der Waals surface area contributed by atoms with E-state index in [4.69, 9.17) is 9.47 Å². The summed E-state index contributed by atoms with van der Waals surface area (Å²) >= 11 is 0. The topological polar surface area (TPSA) is 147 Å². The van der Waals surface area contributed by atoms with Crippen LogP contribution >= 0.6 is 0 Å². The lowest BCUT2D eigenvalue weighted by atomic mass is 9.78. The van der Waals surface area contributed by atoms with Gasteiger partial charge in [-0.2, -0.15) is 8.42 Å². The number of hydrogen-bond donors (Lipinski definition) is 3. The number of rotatable bonds is 34. The fourth-order valence-electron chi connectivity index (χ4n) is 5.81.